The number of nitrogens with one attached hydrogen (secondary N) is 1. The van der Waals surface area contributed by atoms with Gasteiger partial charge >= 0.3 is 0 Å². The van der Waals surface area contributed by atoms with E-state index >= 15 is 0 Å². The van der Waals surface area contributed by atoms with Crippen LogP contribution in [-0.2, 0) is 17.8 Å². The molecular weight excluding hydrogens is 300 g/mol. The van der Waals surface area contributed by atoms with Crippen LogP contribution in [-0.4, -0.2) is 16.8 Å². The molecule has 4 heteroatoms. The molecule has 0 radical (unpaired) electrons. The third-order valence-corrected chi connectivity index (χ3v) is 4.17. The van der Waals surface area contributed by atoms with E-state index in [1.807, 2.05) is 54.0 Å². The van der Waals surface area contributed by atoms with E-state index in [0.29, 0.717) is 5.56 Å². The highest BCUT2D eigenvalue weighted by Crippen LogP contribution is 2.24. The van der Waals surface area contributed by atoms with Crippen molar-refractivity contribution in [2.75, 3.05) is 5.32 Å². The van der Waals surface area contributed by atoms with E-state index in [1.54, 1.807) is 6.20 Å². The van der Waals surface area contributed by atoms with Gasteiger partial charge in [0.1, 0.15) is 6.54 Å². The molecule has 3 aromatic rings. The summed E-state index contributed by atoms with van der Waals surface area (Å²) in [6, 6.07) is 13.6. The molecule has 0 unspecified atom stereocenters. The van der Waals surface area contributed by atoms with E-state index in [4.69, 9.17) is 0 Å². The summed E-state index contributed by atoms with van der Waals surface area (Å²) in [6.07, 6.45) is 3.45. The Morgan fingerprint density at radius 2 is 1.92 bits per heavy atom. The molecule has 2 aromatic carbocycles. The Hall–Kier alpha value is -2.88. The van der Waals surface area contributed by atoms with Crippen molar-refractivity contribution in [2.45, 2.75) is 26.8 Å². The number of hydrogen-bond acceptors (Lipinski definition) is 2. The van der Waals surface area contributed by atoms with Gasteiger partial charge in [0, 0.05) is 22.8 Å². The highest BCUT2D eigenvalue weighted by atomic mass is 16.2. The largest absolute Gasteiger partial charge is 0.337 e. The number of aldehydes is 1. The number of aromatic nitrogens is 1. The van der Waals surface area contributed by atoms with Crippen molar-refractivity contribution >= 4 is 28.8 Å². The molecule has 1 aromatic heterocycles. The van der Waals surface area contributed by atoms with Gasteiger partial charge in [-0.15, -0.1) is 0 Å². The molecule has 0 bridgehead atoms. The van der Waals surface area contributed by atoms with E-state index in [0.717, 1.165) is 40.4 Å². The minimum Gasteiger partial charge on any atom is -0.337 e. The van der Waals surface area contributed by atoms with Crippen molar-refractivity contribution in [3.8, 4) is 0 Å². The predicted octanol–water partition coefficient (Wildman–Crippen LogP) is 3.96. The van der Waals surface area contributed by atoms with Crippen LogP contribution in [0.2, 0.25) is 0 Å². The Bertz CT molecular complexity index is 892. The quantitative estimate of drug-likeness (QED) is 0.723. The Kier molecular flexibility index (Phi) is 4.47. The monoisotopic (exact) mass is 320 g/mol. The number of aryl methyl sites for hydroxylation is 2. The maximum Gasteiger partial charge on any atom is 0.244 e. The highest BCUT2D eigenvalue weighted by molar-refractivity contribution is 6.00. The summed E-state index contributed by atoms with van der Waals surface area (Å²) in [5.41, 5.74) is 4.62. The first kappa shape index (κ1) is 16.0. The molecule has 0 saturated heterocycles. The molecule has 1 amide bonds. The fraction of sp³-hybridized carbons (Fsp3) is 0.200. The molecule has 0 spiro atoms. The lowest BCUT2D eigenvalue weighted by molar-refractivity contribution is -0.116. The topological polar surface area (TPSA) is 51.1 Å². The SMILES string of the molecule is CCc1cccc2c(C=O)cn(CC(=O)Nc3ccc(C)cc3)c12. The van der Waals surface area contributed by atoms with Crippen LogP contribution in [0.3, 0.4) is 0 Å². The fourth-order valence-corrected chi connectivity index (χ4v) is 2.96. The molecule has 0 aliphatic heterocycles. The Morgan fingerprint density at radius 1 is 1.17 bits per heavy atom. The first-order chi connectivity index (χ1) is 11.6. The summed E-state index contributed by atoms with van der Waals surface area (Å²) in [4.78, 5) is 23.7. The number of para-hydroxylation sites is 1. The van der Waals surface area contributed by atoms with Gasteiger partial charge in [0.05, 0.1) is 5.52 Å². The van der Waals surface area contributed by atoms with Crippen LogP contribution < -0.4 is 5.32 Å². The molecule has 24 heavy (non-hydrogen) atoms. The number of benzene rings is 2. The predicted molar refractivity (Wildman–Crippen MR) is 96.5 cm³/mol. The van der Waals surface area contributed by atoms with Gasteiger partial charge in [-0.25, -0.2) is 0 Å². The van der Waals surface area contributed by atoms with Gasteiger partial charge in [-0.1, -0.05) is 42.8 Å². The van der Waals surface area contributed by atoms with E-state index < -0.39 is 0 Å². The molecule has 0 fully saturated rings. The highest BCUT2D eigenvalue weighted by Gasteiger charge is 2.13. The molecule has 1 N–H and O–H groups in total. The lowest BCUT2D eigenvalue weighted by Gasteiger charge is -2.10. The molecule has 0 atom stereocenters. The summed E-state index contributed by atoms with van der Waals surface area (Å²) in [5, 5.41) is 3.79. The number of hydrogen-bond donors (Lipinski definition) is 1. The van der Waals surface area contributed by atoms with Crippen molar-refractivity contribution in [3.63, 3.8) is 0 Å². The molecule has 0 saturated carbocycles. The Morgan fingerprint density at radius 3 is 2.58 bits per heavy atom. The number of fused-ring (bicyclic) bond motifs is 1. The number of nitrogens with zero attached hydrogens (tertiary/aromatic N) is 1. The maximum atomic E-state index is 12.4. The first-order valence-corrected chi connectivity index (χ1v) is 8.04. The van der Waals surface area contributed by atoms with Gasteiger partial charge in [0.25, 0.3) is 0 Å². The zero-order valence-corrected chi connectivity index (χ0v) is 13.9. The van der Waals surface area contributed by atoms with Crippen molar-refractivity contribution in [3.05, 3.63) is 65.4 Å². The smallest absolute Gasteiger partial charge is 0.244 e. The molecule has 4 nitrogen and oxygen atoms in total. The second-order valence-corrected chi connectivity index (χ2v) is 5.91. The number of rotatable bonds is 5. The standard InChI is InChI=1S/C20H20N2O2/c1-3-15-5-4-6-18-16(13-23)11-22(20(15)18)12-19(24)21-17-9-7-14(2)8-10-17/h4-11,13H,3,12H2,1-2H3,(H,21,24). The molecule has 1 heterocycles. The summed E-state index contributed by atoms with van der Waals surface area (Å²) in [6.45, 7) is 4.25. The van der Waals surface area contributed by atoms with Gasteiger partial charge in [-0.2, -0.15) is 0 Å². The van der Waals surface area contributed by atoms with Crippen LogP contribution in [0, 0.1) is 6.92 Å². The minimum atomic E-state index is -0.112. The van der Waals surface area contributed by atoms with Crippen LogP contribution >= 0.6 is 0 Å². The number of amides is 1. The van der Waals surface area contributed by atoms with Gasteiger partial charge in [0.15, 0.2) is 6.29 Å². The van der Waals surface area contributed by atoms with Gasteiger partial charge < -0.3 is 9.88 Å². The van der Waals surface area contributed by atoms with Gasteiger partial charge in [0.2, 0.25) is 5.91 Å². The van der Waals surface area contributed by atoms with Crippen molar-refractivity contribution in [2.24, 2.45) is 0 Å². The van der Waals surface area contributed by atoms with Crippen LogP contribution in [0.4, 0.5) is 5.69 Å². The minimum absolute atomic E-state index is 0.112. The average molecular weight is 320 g/mol. The van der Waals surface area contributed by atoms with E-state index in [1.165, 1.54) is 0 Å². The molecular formula is C20H20N2O2. The number of carbonyl (C=O) groups is 2. The van der Waals surface area contributed by atoms with Crippen molar-refractivity contribution in [1.29, 1.82) is 0 Å². The summed E-state index contributed by atoms with van der Waals surface area (Å²) < 4.78 is 1.86. The fourth-order valence-electron chi connectivity index (χ4n) is 2.96. The van der Waals surface area contributed by atoms with E-state index in [-0.39, 0.29) is 12.5 Å². The van der Waals surface area contributed by atoms with Crippen LogP contribution in [0.5, 0.6) is 0 Å². The van der Waals surface area contributed by atoms with E-state index in [9.17, 15) is 9.59 Å². The van der Waals surface area contributed by atoms with Crippen LogP contribution in [0.1, 0.15) is 28.4 Å². The van der Waals surface area contributed by atoms with Crippen molar-refractivity contribution in [1.82, 2.24) is 4.57 Å². The normalized spacial score (nSPS) is 10.8. The summed E-state index contributed by atoms with van der Waals surface area (Å²) in [5.74, 6) is -0.112. The van der Waals surface area contributed by atoms with Gasteiger partial charge in [-0.05, 0) is 31.0 Å². The van der Waals surface area contributed by atoms with Gasteiger partial charge in [-0.3, -0.25) is 9.59 Å². The molecule has 0 aliphatic carbocycles. The molecule has 122 valence electrons. The Balaban J connectivity index is 1.90. The number of anilines is 1. The lowest BCUT2D eigenvalue weighted by Crippen LogP contribution is -2.18. The Labute approximate surface area is 141 Å². The molecule has 0 aliphatic rings. The second-order valence-electron chi connectivity index (χ2n) is 5.91. The molecule has 3 rings (SSSR count). The lowest BCUT2D eigenvalue weighted by atomic mass is 10.1. The zero-order valence-electron chi connectivity index (χ0n) is 13.9. The van der Waals surface area contributed by atoms with Crippen LogP contribution in [0.15, 0.2) is 48.7 Å². The first-order valence-electron chi connectivity index (χ1n) is 8.04. The maximum absolute atomic E-state index is 12.4. The third-order valence-electron chi connectivity index (χ3n) is 4.17. The third kappa shape index (κ3) is 3.08. The second kappa shape index (κ2) is 6.71. The zero-order chi connectivity index (χ0) is 17.1. The van der Waals surface area contributed by atoms with E-state index in [2.05, 4.69) is 12.2 Å². The summed E-state index contributed by atoms with van der Waals surface area (Å²) in [7, 11) is 0. The number of carbonyl (C=O) groups excluding carboxylic acids is 2. The summed E-state index contributed by atoms with van der Waals surface area (Å²) >= 11 is 0. The average Bonchev–Trinajstić information content (AvgIpc) is 2.94. The van der Waals surface area contributed by atoms with Crippen molar-refractivity contribution < 1.29 is 9.59 Å². The van der Waals surface area contributed by atoms with Crippen LogP contribution in [0.25, 0.3) is 10.9 Å².